The molecule has 0 N–H and O–H groups in total. The summed E-state index contributed by atoms with van der Waals surface area (Å²) in [5, 5.41) is 0. The first-order valence-electron chi connectivity index (χ1n) is 5.72. The van der Waals surface area contributed by atoms with Crippen molar-refractivity contribution in [2.75, 3.05) is 13.7 Å². The molecule has 2 heterocycles. The second-order valence-electron chi connectivity index (χ2n) is 5.23. The number of hydrogen-bond donors (Lipinski definition) is 0. The van der Waals surface area contributed by atoms with Crippen molar-refractivity contribution in [3.63, 3.8) is 0 Å². The summed E-state index contributed by atoms with van der Waals surface area (Å²) in [7, 11) is 1.60. The molecule has 0 bridgehead atoms. The van der Waals surface area contributed by atoms with Crippen LogP contribution in [0.15, 0.2) is 16.7 Å². The van der Waals surface area contributed by atoms with E-state index in [1.807, 2.05) is 31.1 Å². The second kappa shape index (κ2) is 5.00. The second-order valence-corrected chi connectivity index (χ2v) is 8.27. The molecule has 0 radical (unpaired) electrons. The Bertz CT molecular complexity index is 450. The van der Waals surface area contributed by atoms with E-state index in [1.54, 1.807) is 13.3 Å². The first-order valence-corrected chi connectivity index (χ1v) is 7.62. The van der Waals surface area contributed by atoms with E-state index in [4.69, 9.17) is 4.74 Å². The molecule has 1 aromatic rings. The predicted octanol–water partition coefficient (Wildman–Crippen LogP) is 2.67. The molecule has 0 saturated carbocycles. The minimum absolute atomic E-state index is 0.191. The highest BCUT2D eigenvalue weighted by Gasteiger charge is 2.50. The lowest BCUT2D eigenvalue weighted by molar-refractivity contribution is 0.397. The smallest absolute Gasteiger partial charge is 0.213 e. The summed E-state index contributed by atoms with van der Waals surface area (Å²) in [6, 6.07) is 2.09. The van der Waals surface area contributed by atoms with Crippen LogP contribution in [0.2, 0.25) is 0 Å². The molecule has 1 aromatic heterocycles. The lowest BCUT2D eigenvalue weighted by Gasteiger charge is -2.24. The fourth-order valence-corrected chi connectivity index (χ4v) is 3.52. The Morgan fingerprint density at radius 3 is 2.78 bits per heavy atom. The van der Waals surface area contributed by atoms with Crippen LogP contribution in [0.4, 0.5) is 0 Å². The zero-order chi connectivity index (χ0) is 13.5. The molecule has 1 unspecified atom stereocenters. The minimum atomic E-state index is -0.974. The van der Waals surface area contributed by atoms with Gasteiger partial charge in [0.1, 0.15) is 4.75 Å². The molecule has 0 amide bonds. The average molecular weight is 333 g/mol. The quantitative estimate of drug-likeness (QED) is 0.630. The zero-order valence-corrected chi connectivity index (χ0v) is 13.3. The van der Waals surface area contributed by atoms with Crippen molar-refractivity contribution in [1.29, 1.82) is 0 Å². The minimum Gasteiger partial charge on any atom is -0.597 e. The van der Waals surface area contributed by atoms with Crippen molar-refractivity contribution < 1.29 is 9.29 Å². The molecule has 4 nitrogen and oxygen atoms in total. The largest absolute Gasteiger partial charge is 0.597 e. The van der Waals surface area contributed by atoms with Crippen molar-refractivity contribution in [3.05, 3.63) is 22.3 Å². The Hall–Kier alpha value is -0.300. The van der Waals surface area contributed by atoms with Crippen molar-refractivity contribution in [2.45, 2.75) is 31.6 Å². The van der Waals surface area contributed by atoms with Crippen LogP contribution in [-0.4, -0.2) is 32.2 Å². The van der Waals surface area contributed by atoms with E-state index in [1.165, 1.54) is 0 Å². The van der Waals surface area contributed by atoms with E-state index < -0.39 is 11.4 Å². The van der Waals surface area contributed by atoms with Gasteiger partial charge >= 0.3 is 0 Å². The van der Waals surface area contributed by atoms with Gasteiger partial charge in [-0.3, -0.25) is 0 Å². The lowest BCUT2D eigenvalue weighted by Crippen LogP contribution is -2.33. The summed E-state index contributed by atoms with van der Waals surface area (Å²) in [4.78, 5) is 4.12. The van der Waals surface area contributed by atoms with Gasteiger partial charge in [0.05, 0.1) is 19.7 Å². The molecule has 18 heavy (non-hydrogen) atoms. The molecule has 1 fully saturated rings. The zero-order valence-electron chi connectivity index (χ0n) is 10.9. The molecule has 0 spiro atoms. The van der Waals surface area contributed by atoms with Gasteiger partial charge < -0.3 is 9.29 Å². The Labute approximate surface area is 119 Å². The van der Waals surface area contributed by atoms with Crippen LogP contribution in [0.1, 0.15) is 32.4 Å². The van der Waals surface area contributed by atoms with E-state index in [0.717, 1.165) is 16.6 Å². The number of methoxy groups -OCH3 is 1. The van der Waals surface area contributed by atoms with Crippen LogP contribution in [0.25, 0.3) is 0 Å². The van der Waals surface area contributed by atoms with Gasteiger partial charge in [-0.25, -0.2) is 4.98 Å². The van der Waals surface area contributed by atoms with Crippen LogP contribution in [0, 0.1) is 0 Å². The monoisotopic (exact) mass is 332 g/mol. The van der Waals surface area contributed by atoms with E-state index in [9.17, 15) is 4.55 Å². The number of rotatable bonds is 3. The van der Waals surface area contributed by atoms with Gasteiger partial charge in [-0.2, -0.15) is 0 Å². The highest BCUT2D eigenvalue weighted by molar-refractivity contribution is 9.10. The highest BCUT2D eigenvalue weighted by atomic mass is 79.9. The number of aromatic nitrogens is 1. The first kappa shape index (κ1) is 14.1. The third kappa shape index (κ3) is 2.82. The average Bonchev–Trinajstić information content (AvgIpc) is 3.07. The molecule has 3 atom stereocenters. The molecular weight excluding hydrogens is 316 g/mol. The van der Waals surface area contributed by atoms with Gasteiger partial charge in [0, 0.05) is 28.1 Å². The SMILES string of the molecule is COc1cc([C@@H]2CN2[S@@+]([O-])C(C)(C)C)c(Br)cn1. The number of nitrogens with zero attached hydrogens (tertiary/aromatic N) is 2. The van der Waals surface area contributed by atoms with Crippen LogP contribution < -0.4 is 4.74 Å². The maximum absolute atomic E-state index is 12.3. The van der Waals surface area contributed by atoms with Gasteiger partial charge in [0.25, 0.3) is 0 Å². The molecule has 6 heteroatoms. The summed E-state index contributed by atoms with van der Waals surface area (Å²) in [5.74, 6) is 0.585. The van der Waals surface area contributed by atoms with Gasteiger partial charge in [-0.05, 0) is 42.3 Å². The summed E-state index contributed by atoms with van der Waals surface area (Å²) < 4.78 is 20.1. The first-order chi connectivity index (χ1) is 8.34. The van der Waals surface area contributed by atoms with Crippen molar-refractivity contribution >= 4 is 27.3 Å². The third-order valence-corrected chi connectivity index (χ3v) is 5.27. The van der Waals surface area contributed by atoms with Crippen LogP contribution in [0.5, 0.6) is 5.88 Å². The summed E-state index contributed by atoms with van der Waals surface area (Å²) >= 11 is 2.51. The third-order valence-electron chi connectivity index (χ3n) is 2.73. The van der Waals surface area contributed by atoms with E-state index >= 15 is 0 Å². The summed E-state index contributed by atoms with van der Waals surface area (Å²) in [6.45, 7) is 6.78. The Morgan fingerprint density at radius 2 is 2.22 bits per heavy atom. The van der Waals surface area contributed by atoms with Gasteiger partial charge in [0.2, 0.25) is 5.88 Å². The molecule has 1 aliphatic heterocycles. The standard InChI is InChI=1S/C12H17BrN2O2S/c1-12(2,3)18(16)15-7-10(15)8-5-11(17-4)14-6-9(8)13/h5-6,10H,7H2,1-4H3/t10-,15?,18-/m0/s1. The van der Waals surface area contributed by atoms with Gasteiger partial charge in [0.15, 0.2) is 0 Å². The topological polar surface area (TPSA) is 48.2 Å². The normalized spacial score (nSPS) is 24.8. The molecule has 1 aliphatic rings. The number of ether oxygens (including phenoxy) is 1. The molecule has 0 aliphatic carbocycles. The number of halogens is 1. The van der Waals surface area contributed by atoms with Crippen molar-refractivity contribution in [3.8, 4) is 5.88 Å². The maximum Gasteiger partial charge on any atom is 0.213 e. The van der Waals surface area contributed by atoms with Crippen LogP contribution >= 0.6 is 15.9 Å². The molecule has 0 aromatic carbocycles. The van der Waals surface area contributed by atoms with Gasteiger partial charge in [-0.15, -0.1) is 4.31 Å². The molecule has 2 rings (SSSR count). The maximum atomic E-state index is 12.3. The summed E-state index contributed by atoms with van der Waals surface area (Å²) in [5.41, 5.74) is 1.08. The van der Waals surface area contributed by atoms with Gasteiger partial charge in [-0.1, -0.05) is 0 Å². The molecule has 1 saturated heterocycles. The molecular formula is C12H17BrN2O2S. The fraction of sp³-hybridized carbons (Fsp3) is 0.583. The van der Waals surface area contributed by atoms with E-state index in [2.05, 4.69) is 20.9 Å². The Balaban J connectivity index is 2.16. The Kier molecular flexibility index (Phi) is 3.92. The van der Waals surface area contributed by atoms with Crippen molar-refractivity contribution in [1.82, 2.24) is 9.29 Å². The lowest BCUT2D eigenvalue weighted by atomic mass is 10.2. The van der Waals surface area contributed by atoms with Crippen molar-refractivity contribution in [2.24, 2.45) is 0 Å². The fourth-order valence-electron chi connectivity index (χ4n) is 1.71. The van der Waals surface area contributed by atoms with Crippen LogP contribution in [0.3, 0.4) is 0 Å². The highest BCUT2D eigenvalue weighted by Crippen LogP contribution is 2.44. The molecule has 100 valence electrons. The van der Waals surface area contributed by atoms with Crippen LogP contribution in [-0.2, 0) is 11.4 Å². The number of pyridine rings is 1. The number of hydrogen-bond acceptors (Lipinski definition) is 4. The Morgan fingerprint density at radius 1 is 1.56 bits per heavy atom. The summed E-state index contributed by atoms with van der Waals surface area (Å²) in [6.07, 6.45) is 1.73. The predicted molar refractivity (Wildman–Crippen MR) is 75.8 cm³/mol. The van der Waals surface area contributed by atoms with E-state index in [0.29, 0.717) is 5.88 Å². The van der Waals surface area contributed by atoms with E-state index in [-0.39, 0.29) is 10.8 Å².